The van der Waals surface area contributed by atoms with Crippen LogP contribution in [0.3, 0.4) is 0 Å². The fourth-order valence-electron chi connectivity index (χ4n) is 5.17. The molecule has 2 aromatic heterocycles. The van der Waals surface area contributed by atoms with E-state index in [1.165, 1.54) is 16.9 Å². The van der Waals surface area contributed by atoms with Gasteiger partial charge in [0.2, 0.25) is 0 Å². The van der Waals surface area contributed by atoms with Crippen LogP contribution in [-0.2, 0) is 29.2 Å². The molecule has 184 valence electrons. The molecule has 1 N–H and O–H groups in total. The number of nitrogens with zero attached hydrogens (tertiary/aromatic N) is 3. The summed E-state index contributed by atoms with van der Waals surface area (Å²) >= 11 is 1.28. The molecule has 3 heterocycles. The number of benzene rings is 2. The molecule has 0 spiro atoms. The number of aromatic amines is 1. The zero-order valence-corrected chi connectivity index (χ0v) is 21.5. The molecular formula is C28H28N4O2S2. The Bertz CT molecular complexity index is 1430. The van der Waals surface area contributed by atoms with E-state index in [0.717, 1.165) is 36.3 Å². The number of imidazole rings is 1. The molecule has 0 aliphatic carbocycles. The molecule has 0 amide bonds. The van der Waals surface area contributed by atoms with Gasteiger partial charge in [0.15, 0.2) is 9.84 Å². The van der Waals surface area contributed by atoms with Crippen molar-refractivity contribution in [2.45, 2.75) is 30.0 Å². The number of hydrogen-bond donors (Lipinski definition) is 1. The Balaban J connectivity index is 1.49. The smallest absolute Gasteiger partial charge is 0.187 e. The first-order valence-electron chi connectivity index (χ1n) is 12.1. The van der Waals surface area contributed by atoms with Crippen LogP contribution in [0.2, 0.25) is 0 Å². The van der Waals surface area contributed by atoms with Gasteiger partial charge in [0.25, 0.3) is 0 Å². The quantitative estimate of drug-likeness (QED) is 0.346. The minimum absolute atomic E-state index is 0.122. The monoisotopic (exact) mass is 516 g/mol. The summed E-state index contributed by atoms with van der Waals surface area (Å²) in [6.07, 6.45) is 5.70. The minimum Gasteiger partial charge on any atom is -0.365 e. The molecule has 36 heavy (non-hydrogen) atoms. The number of H-pyrrole nitrogens is 1. The summed E-state index contributed by atoms with van der Waals surface area (Å²) in [4.78, 5) is 9.75. The molecule has 8 heteroatoms. The molecule has 0 saturated heterocycles. The van der Waals surface area contributed by atoms with Crippen LogP contribution in [0.15, 0.2) is 82.8 Å². The van der Waals surface area contributed by atoms with Crippen molar-refractivity contribution in [2.24, 2.45) is 11.8 Å². The number of fused-ring (bicyclic) bond motifs is 1. The summed E-state index contributed by atoms with van der Waals surface area (Å²) in [5.74, 6) is 0.517. The number of nitriles is 1. The van der Waals surface area contributed by atoms with Gasteiger partial charge < -0.3 is 9.88 Å². The Morgan fingerprint density at radius 3 is 2.69 bits per heavy atom. The van der Waals surface area contributed by atoms with Gasteiger partial charge in [-0.3, -0.25) is 0 Å². The largest absolute Gasteiger partial charge is 0.365 e. The Kier molecular flexibility index (Phi) is 7.21. The number of nitrogens with one attached hydrogen (secondary N) is 1. The third kappa shape index (κ3) is 5.53. The first-order chi connectivity index (χ1) is 17.5. The van der Waals surface area contributed by atoms with Crippen LogP contribution in [0.1, 0.15) is 28.8 Å². The summed E-state index contributed by atoms with van der Waals surface area (Å²) in [5.41, 5.74) is 5.09. The topological polar surface area (TPSA) is 89.8 Å². The SMILES string of the molecule is N#Cc1ccc2c(c1)CC(CCS(=O)(=O)c1cccs1)[C@H](Cc1ccccc1)CN2Cc1cnc[nH]1. The van der Waals surface area contributed by atoms with Crippen molar-refractivity contribution < 1.29 is 8.42 Å². The highest BCUT2D eigenvalue weighted by atomic mass is 32.2. The maximum atomic E-state index is 13.1. The van der Waals surface area contributed by atoms with Crippen LogP contribution in [0, 0.1) is 23.2 Å². The molecule has 0 radical (unpaired) electrons. The third-order valence-electron chi connectivity index (χ3n) is 6.97. The van der Waals surface area contributed by atoms with E-state index in [1.54, 1.807) is 18.5 Å². The van der Waals surface area contributed by atoms with E-state index < -0.39 is 9.84 Å². The second-order valence-electron chi connectivity index (χ2n) is 9.37. The van der Waals surface area contributed by atoms with Gasteiger partial charge in [-0.05, 0) is 71.9 Å². The normalized spacial score (nSPS) is 17.8. The average Bonchev–Trinajstić information content (AvgIpc) is 3.59. The molecule has 5 rings (SSSR count). The summed E-state index contributed by atoms with van der Waals surface area (Å²) < 4.78 is 26.5. The fourth-order valence-corrected chi connectivity index (χ4v) is 7.72. The number of anilines is 1. The van der Waals surface area contributed by atoms with Crippen molar-refractivity contribution in [2.75, 3.05) is 17.2 Å². The van der Waals surface area contributed by atoms with E-state index in [9.17, 15) is 13.7 Å². The van der Waals surface area contributed by atoms with Crippen LogP contribution in [0.4, 0.5) is 5.69 Å². The lowest BCUT2D eigenvalue weighted by molar-refractivity contribution is 0.326. The Labute approximate surface area is 216 Å². The second-order valence-corrected chi connectivity index (χ2v) is 12.6. The van der Waals surface area contributed by atoms with E-state index in [-0.39, 0.29) is 17.6 Å². The van der Waals surface area contributed by atoms with Crippen LogP contribution in [-0.4, -0.2) is 30.7 Å². The molecule has 2 atom stereocenters. The first kappa shape index (κ1) is 24.3. The molecule has 0 bridgehead atoms. The van der Waals surface area contributed by atoms with Gasteiger partial charge >= 0.3 is 0 Å². The number of hydrogen-bond acceptors (Lipinski definition) is 6. The van der Waals surface area contributed by atoms with Gasteiger partial charge in [0, 0.05) is 18.4 Å². The zero-order valence-electron chi connectivity index (χ0n) is 19.9. The van der Waals surface area contributed by atoms with Crippen LogP contribution in [0.5, 0.6) is 0 Å². The van der Waals surface area contributed by atoms with E-state index in [0.29, 0.717) is 22.7 Å². The summed E-state index contributed by atoms with van der Waals surface area (Å²) in [7, 11) is -3.33. The molecule has 1 aliphatic heterocycles. The van der Waals surface area contributed by atoms with Crippen molar-refractivity contribution >= 4 is 26.9 Å². The molecule has 1 aliphatic rings. The van der Waals surface area contributed by atoms with Crippen molar-refractivity contribution in [1.29, 1.82) is 5.26 Å². The summed E-state index contributed by atoms with van der Waals surface area (Å²) in [6, 6.07) is 22.0. The van der Waals surface area contributed by atoms with Gasteiger partial charge in [-0.15, -0.1) is 11.3 Å². The van der Waals surface area contributed by atoms with Gasteiger partial charge in [0.05, 0.1) is 36.0 Å². The zero-order chi connectivity index (χ0) is 25.0. The van der Waals surface area contributed by atoms with Crippen molar-refractivity contribution in [3.8, 4) is 6.07 Å². The molecule has 6 nitrogen and oxygen atoms in total. The number of thiophene rings is 1. The first-order valence-corrected chi connectivity index (χ1v) is 14.6. The molecule has 0 fully saturated rings. The van der Waals surface area contributed by atoms with Gasteiger partial charge in [-0.1, -0.05) is 36.4 Å². The van der Waals surface area contributed by atoms with E-state index in [4.69, 9.17) is 0 Å². The summed E-state index contributed by atoms with van der Waals surface area (Å²) in [6.45, 7) is 1.46. The lowest BCUT2D eigenvalue weighted by Gasteiger charge is -2.30. The molecule has 2 aromatic carbocycles. The predicted octanol–water partition coefficient (Wildman–Crippen LogP) is 5.24. The van der Waals surface area contributed by atoms with Gasteiger partial charge in [-0.2, -0.15) is 5.26 Å². The lowest BCUT2D eigenvalue weighted by Crippen LogP contribution is -2.33. The van der Waals surface area contributed by atoms with Crippen LogP contribution >= 0.6 is 11.3 Å². The Morgan fingerprint density at radius 2 is 1.97 bits per heavy atom. The summed E-state index contributed by atoms with van der Waals surface area (Å²) in [5, 5.41) is 11.4. The van der Waals surface area contributed by atoms with E-state index in [1.807, 2.05) is 35.8 Å². The van der Waals surface area contributed by atoms with E-state index in [2.05, 4.69) is 45.2 Å². The highest BCUT2D eigenvalue weighted by Gasteiger charge is 2.32. The molecule has 4 aromatic rings. The van der Waals surface area contributed by atoms with Crippen molar-refractivity contribution in [1.82, 2.24) is 9.97 Å². The standard InChI is InChI=1S/C28H28N4O2S2/c29-16-22-8-9-27-24(14-22)15-23(10-12-36(33,34)28-7-4-11-35-28)25(13-21-5-2-1-3-6-21)18-32(27)19-26-17-30-20-31-26/h1-9,11,14,17,20,23,25H,10,12-13,15,18-19H2,(H,30,31)/t23?,25-/m1/s1. The number of aromatic nitrogens is 2. The number of rotatable bonds is 8. The lowest BCUT2D eigenvalue weighted by atomic mass is 9.82. The van der Waals surface area contributed by atoms with Crippen LogP contribution in [0.25, 0.3) is 0 Å². The van der Waals surface area contributed by atoms with Crippen LogP contribution < -0.4 is 4.90 Å². The molecule has 1 unspecified atom stereocenters. The average molecular weight is 517 g/mol. The minimum atomic E-state index is -3.33. The number of sulfone groups is 1. The van der Waals surface area contributed by atoms with Crippen molar-refractivity contribution in [3.63, 3.8) is 0 Å². The molecule has 0 saturated carbocycles. The van der Waals surface area contributed by atoms with Crippen molar-refractivity contribution in [3.05, 3.63) is 101 Å². The fraction of sp³-hybridized carbons (Fsp3) is 0.286. The van der Waals surface area contributed by atoms with Gasteiger partial charge in [-0.25, -0.2) is 13.4 Å². The predicted molar refractivity (Wildman–Crippen MR) is 143 cm³/mol. The Morgan fingerprint density at radius 1 is 1.11 bits per heavy atom. The highest BCUT2D eigenvalue weighted by molar-refractivity contribution is 7.93. The second kappa shape index (κ2) is 10.7. The maximum Gasteiger partial charge on any atom is 0.187 e. The molecular weight excluding hydrogens is 488 g/mol. The third-order valence-corrected chi connectivity index (χ3v) is 10.2. The Hall–Kier alpha value is -3.41. The highest BCUT2D eigenvalue weighted by Crippen LogP contribution is 2.37. The van der Waals surface area contributed by atoms with E-state index >= 15 is 0 Å². The van der Waals surface area contributed by atoms with Gasteiger partial charge in [0.1, 0.15) is 4.21 Å². The maximum absolute atomic E-state index is 13.1.